The molecule has 0 saturated carbocycles. The topological polar surface area (TPSA) is 185 Å². The molecular weight excluding hydrogens is 1220 g/mol. The van der Waals surface area contributed by atoms with Gasteiger partial charge in [-0.3, -0.25) is 19.7 Å². The summed E-state index contributed by atoms with van der Waals surface area (Å²) < 4.78 is 56.7. The zero-order chi connectivity index (χ0) is 70.3. The predicted octanol–water partition coefficient (Wildman–Crippen LogP) is 14.7. The highest BCUT2D eigenvalue weighted by Crippen LogP contribution is 2.37. The van der Waals surface area contributed by atoms with Crippen LogP contribution in [0, 0.1) is 10.8 Å². The molecule has 0 aliphatic heterocycles. The second-order valence-corrected chi connectivity index (χ2v) is 24.2. The van der Waals surface area contributed by atoms with Gasteiger partial charge in [0.15, 0.2) is 0 Å². The van der Waals surface area contributed by atoms with E-state index in [9.17, 15) is 19.2 Å². The maximum Gasteiger partial charge on any atom is 0.411 e. The van der Waals surface area contributed by atoms with Crippen molar-refractivity contribution in [3.63, 3.8) is 0 Å². The number of rotatable bonds is 44. The standard InChI is InChI=1S/C50H59NO8.C31H39NO6/c1-9-13-40-31-42(21-25-45(40)55-8)49(5,6)43-22-26-46(41(32-43)14-10-2)59-47(52)30-39-17-15-37(16-18-39)29-38-19-23-44(24-20-38)51-48(53)58-36-50(33-54-7,34-56-27-11-3)35-57-28-12-4;1-5-16-35-21-31(22-36-17-6-2,23-37-18-7-3)24-38-30(34)20-28-10-8-26(9-11-28)19-27-12-14-29(15-13-27)32-25(4)33/h9-12,15-26,31-32H,1-4,13-14,27-30,33-36H2,5-8H3,(H,51,53);5-15H,1-3,16-24H2,4H3,(H,32,33). The molecule has 2 N–H and O–H groups in total. The summed E-state index contributed by atoms with van der Waals surface area (Å²) in [5, 5.41) is 5.55. The third-order valence-corrected chi connectivity index (χ3v) is 15.5. The highest BCUT2D eigenvalue weighted by atomic mass is 16.6. The van der Waals surface area contributed by atoms with Gasteiger partial charge < -0.3 is 52.7 Å². The maximum atomic E-state index is 13.2. The molecule has 6 rings (SSSR count). The largest absolute Gasteiger partial charge is 0.496 e. The number of carbonyl (C=O) groups excluding carboxylic acids is 4. The van der Waals surface area contributed by atoms with Crippen LogP contribution in [0.5, 0.6) is 11.5 Å². The monoisotopic (exact) mass is 1320 g/mol. The molecule has 0 fully saturated rings. The molecule has 0 aliphatic rings. The molecule has 0 heterocycles. The van der Waals surface area contributed by atoms with Crippen LogP contribution in [0.25, 0.3) is 0 Å². The summed E-state index contributed by atoms with van der Waals surface area (Å²) >= 11 is 0. The van der Waals surface area contributed by atoms with Crippen molar-refractivity contribution >= 4 is 35.3 Å². The minimum atomic E-state index is -0.701. The van der Waals surface area contributed by atoms with E-state index in [1.807, 2.05) is 127 Å². The Bertz CT molecular complexity index is 3430. The lowest BCUT2D eigenvalue weighted by molar-refractivity contribution is -0.154. The smallest absolute Gasteiger partial charge is 0.411 e. The van der Waals surface area contributed by atoms with Crippen molar-refractivity contribution in [2.45, 2.75) is 64.7 Å². The van der Waals surface area contributed by atoms with Gasteiger partial charge in [0.1, 0.15) is 24.7 Å². The van der Waals surface area contributed by atoms with Crippen LogP contribution in [0.2, 0.25) is 0 Å². The molecule has 0 aromatic heterocycles. The van der Waals surface area contributed by atoms with E-state index in [0.717, 1.165) is 73.5 Å². The van der Waals surface area contributed by atoms with Crippen LogP contribution in [0.4, 0.5) is 16.2 Å². The lowest BCUT2D eigenvalue weighted by Gasteiger charge is -2.32. The quantitative estimate of drug-likeness (QED) is 0.0159. The number of ether oxygens (including phenoxy) is 10. The molecule has 0 radical (unpaired) electrons. The molecule has 6 aromatic rings. The second-order valence-electron chi connectivity index (χ2n) is 24.2. The lowest BCUT2D eigenvalue weighted by Crippen LogP contribution is -2.42. The van der Waals surface area contributed by atoms with Gasteiger partial charge in [-0.1, -0.05) is 153 Å². The molecule has 0 bridgehead atoms. The number of esters is 2. The van der Waals surface area contributed by atoms with Crippen LogP contribution in [-0.4, -0.2) is 124 Å². The van der Waals surface area contributed by atoms with Gasteiger partial charge in [-0.15, -0.1) is 46.1 Å². The zero-order valence-electron chi connectivity index (χ0n) is 57.3. The zero-order valence-corrected chi connectivity index (χ0v) is 57.3. The Morgan fingerprint density at radius 1 is 0.412 bits per heavy atom. The SMILES string of the molecule is C=CCOCC(COC)(COCC=C)COC(=O)Nc1ccc(Cc2ccc(CC(=O)Oc3ccc(C(C)(C)c4ccc(OC)c(CC=C)c4)cc3CC=C)cc2)cc1.C=CCOCC(COCC=C)(COCC=C)COC(=O)Cc1ccc(Cc2ccc(NC(C)=O)cc2)cc1. The van der Waals surface area contributed by atoms with E-state index >= 15 is 0 Å². The Balaban J connectivity index is 0.000000386. The Hall–Kier alpha value is -9.26. The van der Waals surface area contributed by atoms with E-state index in [1.54, 1.807) is 44.6 Å². The first-order chi connectivity index (χ1) is 46.9. The van der Waals surface area contributed by atoms with Crippen molar-refractivity contribution in [2.75, 3.05) is 111 Å². The van der Waals surface area contributed by atoms with Crippen molar-refractivity contribution in [2.24, 2.45) is 10.8 Å². The number of methoxy groups -OCH3 is 2. The Morgan fingerprint density at radius 3 is 1.16 bits per heavy atom. The first-order valence-corrected chi connectivity index (χ1v) is 32.2. The highest BCUT2D eigenvalue weighted by Gasteiger charge is 2.35. The molecule has 0 aliphatic carbocycles. The van der Waals surface area contributed by atoms with Crippen LogP contribution in [0.3, 0.4) is 0 Å². The molecule has 16 heteroatoms. The summed E-state index contributed by atoms with van der Waals surface area (Å²) in [5.74, 6) is 0.590. The van der Waals surface area contributed by atoms with E-state index in [1.165, 1.54) is 6.92 Å². The summed E-state index contributed by atoms with van der Waals surface area (Å²) in [6, 6.07) is 43.4. The second kappa shape index (κ2) is 42.3. The van der Waals surface area contributed by atoms with Crippen LogP contribution in [0.15, 0.2) is 222 Å². The summed E-state index contributed by atoms with van der Waals surface area (Å²) in [4.78, 5) is 49.8. The number of nitrogens with one attached hydrogen (secondary N) is 2. The van der Waals surface area contributed by atoms with Crippen molar-refractivity contribution < 1.29 is 66.5 Å². The normalized spacial score (nSPS) is 11.2. The number of anilines is 2. The van der Waals surface area contributed by atoms with E-state index in [0.29, 0.717) is 63.7 Å². The third kappa shape index (κ3) is 27.4. The molecule has 6 aromatic carbocycles. The highest BCUT2D eigenvalue weighted by molar-refractivity contribution is 5.88. The molecule has 0 unspecified atom stereocenters. The maximum absolute atomic E-state index is 13.2. The average Bonchev–Trinajstić information content (AvgIpc) is 0.785. The van der Waals surface area contributed by atoms with Gasteiger partial charge in [-0.25, -0.2) is 4.79 Å². The number of hydrogen-bond acceptors (Lipinski definition) is 14. The number of amides is 2. The van der Waals surface area contributed by atoms with Crippen molar-refractivity contribution in [1.82, 2.24) is 0 Å². The molecule has 97 heavy (non-hydrogen) atoms. The summed E-state index contributed by atoms with van der Waals surface area (Å²) in [5.41, 5.74) is 9.97. The first-order valence-electron chi connectivity index (χ1n) is 32.2. The van der Waals surface area contributed by atoms with Crippen LogP contribution in [-0.2, 0) is 96.2 Å². The fraction of sp³-hybridized carbons (Fsp3) is 0.333. The molecular formula is C81H98N2O14. The lowest BCUT2D eigenvalue weighted by atomic mass is 9.77. The fourth-order valence-corrected chi connectivity index (χ4v) is 10.4. The Labute approximate surface area is 574 Å². The summed E-state index contributed by atoms with van der Waals surface area (Å²) in [6.45, 7) is 35.6. The average molecular weight is 1320 g/mol. The van der Waals surface area contributed by atoms with Crippen molar-refractivity contribution in [3.05, 3.63) is 278 Å². The molecule has 16 nitrogen and oxygen atoms in total. The molecule has 0 saturated heterocycles. The van der Waals surface area contributed by atoms with Gasteiger partial charge in [-0.2, -0.15) is 0 Å². The molecule has 516 valence electrons. The fourth-order valence-electron chi connectivity index (χ4n) is 10.4. The Morgan fingerprint density at radius 2 is 0.773 bits per heavy atom. The van der Waals surface area contributed by atoms with Gasteiger partial charge in [0.2, 0.25) is 5.91 Å². The summed E-state index contributed by atoms with van der Waals surface area (Å²) in [6.07, 6.45) is 14.4. The number of hydrogen-bond donors (Lipinski definition) is 2. The van der Waals surface area contributed by atoms with Crippen molar-refractivity contribution in [3.8, 4) is 11.5 Å². The number of carbonyl (C=O) groups is 4. The molecule has 0 spiro atoms. The van der Waals surface area contributed by atoms with Gasteiger partial charge in [0, 0.05) is 30.8 Å². The summed E-state index contributed by atoms with van der Waals surface area (Å²) in [7, 11) is 3.26. The van der Waals surface area contributed by atoms with Crippen LogP contribution < -0.4 is 20.1 Å². The number of benzene rings is 6. The molecule has 2 amide bonds. The first kappa shape index (κ1) is 78.4. The van der Waals surface area contributed by atoms with Crippen LogP contribution >= 0.6 is 0 Å². The Kier molecular flexibility index (Phi) is 34.2. The van der Waals surface area contributed by atoms with Gasteiger partial charge in [0.25, 0.3) is 0 Å². The van der Waals surface area contributed by atoms with Crippen molar-refractivity contribution in [1.29, 1.82) is 0 Å². The van der Waals surface area contributed by atoms with E-state index in [-0.39, 0.29) is 89.0 Å². The van der Waals surface area contributed by atoms with Gasteiger partial charge in [-0.05, 0) is 118 Å². The molecule has 0 atom stereocenters. The predicted molar refractivity (Wildman–Crippen MR) is 386 cm³/mol. The van der Waals surface area contributed by atoms with E-state index in [4.69, 9.17) is 47.4 Å². The van der Waals surface area contributed by atoms with E-state index < -0.39 is 16.9 Å². The minimum Gasteiger partial charge on any atom is -0.496 e. The third-order valence-electron chi connectivity index (χ3n) is 15.5. The van der Waals surface area contributed by atoms with Gasteiger partial charge >= 0.3 is 18.0 Å². The number of allylic oxidation sites excluding steroid dienone is 2. The van der Waals surface area contributed by atoms with Crippen LogP contribution in [0.1, 0.15) is 76.4 Å². The minimum absolute atomic E-state index is 0.0263. The van der Waals surface area contributed by atoms with Gasteiger partial charge in [0.05, 0.1) is 103 Å². The van der Waals surface area contributed by atoms with E-state index in [2.05, 4.69) is 88.7 Å².